The third-order valence-corrected chi connectivity index (χ3v) is 3.93. The minimum Gasteiger partial charge on any atom is -0.497 e. The number of hydrogen-bond donors (Lipinski definition) is 0. The number of ether oxygens (including phenoxy) is 1. The monoisotopic (exact) mass is 284 g/mol. The second-order valence-corrected chi connectivity index (χ2v) is 6.47. The first-order valence-electron chi connectivity index (χ1n) is 7.49. The van der Waals surface area contributed by atoms with Gasteiger partial charge in [0.05, 0.1) is 7.11 Å². The summed E-state index contributed by atoms with van der Waals surface area (Å²) in [6.45, 7) is 8.53. The third kappa shape index (κ3) is 3.26. The quantitative estimate of drug-likeness (QED) is 0.723. The maximum absolute atomic E-state index is 12.2. The molecule has 0 aromatic heterocycles. The average Bonchev–Trinajstić information content (AvgIpc) is 2.95. The van der Waals surface area contributed by atoms with Gasteiger partial charge in [-0.15, -0.1) is 0 Å². The fourth-order valence-electron chi connectivity index (χ4n) is 2.59. The van der Waals surface area contributed by atoms with Crippen molar-refractivity contribution in [3.63, 3.8) is 0 Å². The number of rotatable bonds is 4. The van der Waals surface area contributed by atoms with E-state index in [9.17, 15) is 4.79 Å². The topological polar surface area (TPSA) is 26.3 Å². The molecule has 0 N–H and O–H groups in total. The van der Waals surface area contributed by atoms with E-state index in [0.29, 0.717) is 6.42 Å². The summed E-state index contributed by atoms with van der Waals surface area (Å²) in [5, 5.41) is 0. The Bertz CT molecular complexity index is 613. The Kier molecular flexibility index (Phi) is 4.36. The van der Waals surface area contributed by atoms with Gasteiger partial charge >= 0.3 is 0 Å². The molecule has 0 saturated carbocycles. The summed E-state index contributed by atoms with van der Waals surface area (Å²) < 4.78 is 5.26. The molecule has 1 aromatic carbocycles. The van der Waals surface area contributed by atoms with E-state index in [1.165, 1.54) is 11.1 Å². The van der Waals surface area contributed by atoms with Crippen molar-refractivity contribution in [2.75, 3.05) is 7.11 Å². The Morgan fingerprint density at radius 1 is 1.29 bits per heavy atom. The van der Waals surface area contributed by atoms with E-state index in [-0.39, 0.29) is 11.2 Å². The van der Waals surface area contributed by atoms with Crippen LogP contribution in [0.5, 0.6) is 5.75 Å². The smallest absolute Gasteiger partial charge is 0.163 e. The van der Waals surface area contributed by atoms with Gasteiger partial charge in [0.25, 0.3) is 0 Å². The molecule has 0 fully saturated rings. The van der Waals surface area contributed by atoms with Gasteiger partial charge in [0, 0.05) is 12.0 Å². The van der Waals surface area contributed by atoms with Crippen LogP contribution in [0.2, 0.25) is 0 Å². The fraction of sp³-hybridized carbons (Fsp3) is 0.421. The summed E-state index contributed by atoms with van der Waals surface area (Å²) in [5.41, 5.74) is 4.51. The van der Waals surface area contributed by atoms with Crippen molar-refractivity contribution in [2.24, 2.45) is 5.41 Å². The number of carbonyl (C=O) groups is 1. The zero-order valence-electron chi connectivity index (χ0n) is 13.6. The molecule has 1 aliphatic carbocycles. The molecular weight excluding hydrogens is 260 g/mol. The summed E-state index contributed by atoms with van der Waals surface area (Å²) in [6.07, 6.45) is 5.89. The number of hydrogen-bond acceptors (Lipinski definition) is 2. The summed E-state index contributed by atoms with van der Waals surface area (Å²) >= 11 is 0. The molecular formula is C19H24O2. The Hall–Kier alpha value is -1.83. The Labute approximate surface area is 127 Å². The van der Waals surface area contributed by atoms with Gasteiger partial charge in [-0.2, -0.15) is 0 Å². The Morgan fingerprint density at radius 2 is 2.00 bits per heavy atom. The molecule has 0 bridgehead atoms. The third-order valence-electron chi connectivity index (χ3n) is 3.93. The predicted octanol–water partition coefficient (Wildman–Crippen LogP) is 5.05. The van der Waals surface area contributed by atoms with E-state index in [1.54, 1.807) is 7.11 Å². The zero-order chi connectivity index (χ0) is 15.6. The van der Waals surface area contributed by atoms with E-state index >= 15 is 0 Å². The van der Waals surface area contributed by atoms with Crippen LogP contribution in [-0.4, -0.2) is 12.9 Å². The standard InChI is InChI=1S/C19H24O2/c1-6-18(20)17-12-15(21-5)9-10-16(17)13-7-8-14(11-13)19(2,3)4/h8-12H,6-7H2,1-5H3. The van der Waals surface area contributed by atoms with Crippen molar-refractivity contribution >= 4 is 11.4 Å². The molecule has 0 saturated heterocycles. The van der Waals surface area contributed by atoms with E-state index in [4.69, 9.17) is 4.74 Å². The van der Waals surface area contributed by atoms with Crippen LogP contribution in [0.3, 0.4) is 0 Å². The minimum atomic E-state index is 0.142. The van der Waals surface area contributed by atoms with Crippen LogP contribution in [0.25, 0.3) is 5.57 Å². The molecule has 21 heavy (non-hydrogen) atoms. The Balaban J connectivity index is 2.44. The lowest BCUT2D eigenvalue weighted by Crippen LogP contribution is -2.06. The molecule has 1 aliphatic rings. The maximum Gasteiger partial charge on any atom is 0.163 e. The van der Waals surface area contributed by atoms with Crippen LogP contribution in [0.1, 0.15) is 56.5 Å². The molecule has 2 nitrogen and oxygen atoms in total. The van der Waals surface area contributed by atoms with Crippen molar-refractivity contribution < 1.29 is 9.53 Å². The van der Waals surface area contributed by atoms with Crippen LogP contribution in [0.15, 0.2) is 35.9 Å². The van der Waals surface area contributed by atoms with Crippen LogP contribution in [0, 0.1) is 5.41 Å². The van der Waals surface area contributed by atoms with Gasteiger partial charge in [-0.05, 0) is 40.7 Å². The van der Waals surface area contributed by atoms with Gasteiger partial charge in [-0.3, -0.25) is 4.79 Å². The minimum absolute atomic E-state index is 0.142. The summed E-state index contributed by atoms with van der Waals surface area (Å²) in [7, 11) is 1.63. The first-order chi connectivity index (χ1) is 9.86. The van der Waals surface area contributed by atoms with Crippen molar-refractivity contribution in [2.45, 2.75) is 40.5 Å². The molecule has 0 unspecified atom stereocenters. The molecule has 112 valence electrons. The van der Waals surface area contributed by atoms with Crippen LogP contribution in [-0.2, 0) is 0 Å². The van der Waals surface area contributed by atoms with E-state index in [1.807, 2.05) is 25.1 Å². The molecule has 0 amide bonds. The first-order valence-corrected chi connectivity index (χ1v) is 7.49. The second-order valence-electron chi connectivity index (χ2n) is 6.47. The molecule has 0 aliphatic heterocycles. The average molecular weight is 284 g/mol. The number of allylic oxidation sites excluding steroid dienone is 4. The summed E-state index contributed by atoms with van der Waals surface area (Å²) in [5.74, 6) is 0.896. The maximum atomic E-state index is 12.2. The van der Waals surface area contributed by atoms with Gasteiger partial charge in [-0.25, -0.2) is 0 Å². The van der Waals surface area contributed by atoms with Crippen LogP contribution >= 0.6 is 0 Å². The molecule has 0 radical (unpaired) electrons. The molecule has 0 spiro atoms. The highest BCUT2D eigenvalue weighted by atomic mass is 16.5. The summed E-state index contributed by atoms with van der Waals surface area (Å²) in [6, 6.07) is 5.79. The lowest BCUT2D eigenvalue weighted by Gasteiger charge is -2.18. The van der Waals surface area contributed by atoms with E-state index in [2.05, 4.69) is 32.9 Å². The number of benzene rings is 1. The normalized spacial score (nSPS) is 14.7. The van der Waals surface area contributed by atoms with Gasteiger partial charge in [-0.1, -0.05) is 45.9 Å². The van der Waals surface area contributed by atoms with Crippen molar-refractivity contribution in [1.29, 1.82) is 0 Å². The highest BCUT2D eigenvalue weighted by molar-refractivity contribution is 6.01. The number of methoxy groups -OCH3 is 1. The van der Waals surface area contributed by atoms with Gasteiger partial charge in [0.15, 0.2) is 5.78 Å². The van der Waals surface area contributed by atoms with Gasteiger partial charge in [0.1, 0.15) is 5.75 Å². The van der Waals surface area contributed by atoms with Crippen molar-refractivity contribution in [3.8, 4) is 5.75 Å². The van der Waals surface area contributed by atoms with Crippen molar-refractivity contribution in [1.82, 2.24) is 0 Å². The zero-order valence-corrected chi connectivity index (χ0v) is 13.6. The fourth-order valence-corrected chi connectivity index (χ4v) is 2.59. The number of ketones is 1. The summed E-state index contributed by atoms with van der Waals surface area (Å²) in [4.78, 5) is 12.2. The Morgan fingerprint density at radius 3 is 2.52 bits per heavy atom. The highest BCUT2D eigenvalue weighted by Gasteiger charge is 2.22. The lowest BCUT2D eigenvalue weighted by atomic mass is 9.87. The molecule has 1 aromatic rings. The first kappa shape index (κ1) is 15.6. The molecule has 2 rings (SSSR count). The van der Waals surface area contributed by atoms with Crippen LogP contribution in [0.4, 0.5) is 0 Å². The lowest BCUT2D eigenvalue weighted by molar-refractivity contribution is 0.0987. The molecule has 0 atom stereocenters. The van der Waals surface area contributed by atoms with E-state index in [0.717, 1.165) is 23.3 Å². The number of carbonyl (C=O) groups excluding carboxylic acids is 1. The predicted molar refractivity (Wildman–Crippen MR) is 87.7 cm³/mol. The van der Waals surface area contributed by atoms with Crippen LogP contribution < -0.4 is 4.74 Å². The number of Topliss-reactive ketones (excluding diaryl/α,β-unsaturated/α-hetero) is 1. The SMILES string of the molecule is CCC(=O)c1cc(OC)ccc1C1=CC(C(C)(C)C)=CC1. The second kappa shape index (κ2) is 5.88. The van der Waals surface area contributed by atoms with Gasteiger partial charge < -0.3 is 4.74 Å². The van der Waals surface area contributed by atoms with Crippen molar-refractivity contribution in [3.05, 3.63) is 47.1 Å². The molecule has 0 heterocycles. The van der Waals surface area contributed by atoms with Gasteiger partial charge in [0.2, 0.25) is 0 Å². The largest absolute Gasteiger partial charge is 0.497 e. The highest BCUT2D eigenvalue weighted by Crippen LogP contribution is 2.38. The molecule has 2 heteroatoms. The van der Waals surface area contributed by atoms with E-state index < -0.39 is 0 Å².